The third-order valence-electron chi connectivity index (χ3n) is 3.75. The Bertz CT molecular complexity index is 954. The molecule has 5 nitrogen and oxygen atoms in total. The summed E-state index contributed by atoms with van der Waals surface area (Å²) < 4.78 is 40.5. The van der Waals surface area contributed by atoms with Crippen LogP contribution < -0.4 is 10.4 Å². The van der Waals surface area contributed by atoms with Gasteiger partial charge in [0.05, 0.1) is 21.4 Å². The summed E-state index contributed by atoms with van der Waals surface area (Å²) in [6.45, 7) is 0. The van der Waals surface area contributed by atoms with Gasteiger partial charge in [0.25, 0.3) is 0 Å². The molecule has 1 N–H and O–H groups in total. The van der Waals surface area contributed by atoms with Gasteiger partial charge in [-0.1, -0.05) is 12.1 Å². The SMILES string of the molecule is Cn1cc(Br)c(-c2cccc(NN(C=O)c3ccc(C(F)(F)F)cc3)c2)n1. The van der Waals surface area contributed by atoms with E-state index in [-0.39, 0.29) is 5.69 Å². The van der Waals surface area contributed by atoms with Crippen LogP contribution in [-0.2, 0) is 18.0 Å². The molecule has 0 atom stereocenters. The molecule has 9 heteroatoms. The van der Waals surface area contributed by atoms with Crippen LogP contribution in [0.15, 0.2) is 59.2 Å². The van der Waals surface area contributed by atoms with Crippen LogP contribution in [-0.4, -0.2) is 16.2 Å². The number of rotatable bonds is 5. The minimum Gasteiger partial charge on any atom is -0.292 e. The number of hydrogen-bond acceptors (Lipinski definition) is 3. The number of aromatic nitrogens is 2. The molecule has 0 aliphatic rings. The maximum Gasteiger partial charge on any atom is 0.416 e. The molecule has 27 heavy (non-hydrogen) atoms. The molecule has 1 aromatic heterocycles. The number of nitrogens with zero attached hydrogens (tertiary/aromatic N) is 3. The second-order valence-corrected chi connectivity index (χ2v) is 6.57. The highest BCUT2D eigenvalue weighted by Crippen LogP contribution is 2.31. The number of hydrazine groups is 1. The first-order valence-corrected chi connectivity index (χ1v) is 8.55. The van der Waals surface area contributed by atoms with E-state index < -0.39 is 11.7 Å². The van der Waals surface area contributed by atoms with Crippen molar-refractivity contribution in [3.63, 3.8) is 0 Å². The molecule has 0 aliphatic carbocycles. The van der Waals surface area contributed by atoms with E-state index in [0.717, 1.165) is 32.9 Å². The molecule has 0 bridgehead atoms. The number of amides is 1. The molecule has 140 valence electrons. The smallest absolute Gasteiger partial charge is 0.292 e. The van der Waals surface area contributed by atoms with Gasteiger partial charge in [0.2, 0.25) is 6.41 Å². The maximum atomic E-state index is 12.7. The standard InChI is InChI=1S/C18H14BrF3N4O/c1-25-10-16(19)17(24-25)12-3-2-4-14(9-12)23-26(11-27)15-7-5-13(6-8-15)18(20,21)22/h2-11,23H,1H3. The molecule has 0 unspecified atom stereocenters. The van der Waals surface area contributed by atoms with Crippen LogP contribution in [0.3, 0.4) is 0 Å². The number of aryl methyl sites for hydroxylation is 1. The molecule has 0 fully saturated rings. The Hall–Kier alpha value is -2.81. The van der Waals surface area contributed by atoms with Crippen LogP contribution in [0.4, 0.5) is 24.5 Å². The Kier molecular flexibility index (Phi) is 5.22. The molecular formula is C18H14BrF3N4O. The lowest BCUT2D eigenvalue weighted by atomic mass is 10.1. The largest absolute Gasteiger partial charge is 0.416 e. The van der Waals surface area contributed by atoms with Crippen molar-refractivity contribution in [2.45, 2.75) is 6.18 Å². The molecule has 0 saturated carbocycles. The molecule has 3 aromatic rings. The molecule has 3 rings (SSSR count). The summed E-state index contributed by atoms with van der Waals surface area (Å²) in [5.41, 5.74) is 4.50. The zero-order chi connectivity index (χ0) is 19.6. The van der Waals surface area contributed by atoms with Gasteiger partial charge >= 0.3 is 6.18 Å². The monoisotopic (exact) mass is 438 g/mol. The molecule has 1 heterocycles. The first kappa shape index (κ1) is 19.0. The van der Waals surface area contributed by atoms with Crippen molar-refractivity contribution < 1.29 is 18.0 Å². The van der Waals surface area contributed by atoms with Gasteiger partial charge in [0, 0.05) is 18.8 Å². The topological polar surface area (TPSA) is 50.2 Å². The van der Waals surface area contributed by atoms with Gasteiger partial charge in [-0.05, 0) is 52.3 Å². The number of halogens is 4. The van der Waals surface area contributed by atoms with Crippen LogP contribution in [0.2, 0.25) is 0 Å². The van der Waals surface area contributed by atoms with E-state index in [4.69, 9.17) is 0 Å². The molecule has 0 saturated heterocycles. The third kappa shape index (κ3) is 4.30. The normalized spacial score (nSPS) is 11.3. The van der Waals surface area contributed by atoms with Crippen LogP contribution in [0.25, 0.3) is 11.3 Å². The first-order valence-electron chi connectivity index (χ1n) is 7.76. The fourth-order valence-corrected chi connectivity index (χ4v) is 3.10. The summed E-state index contributed by atoms with van der Waals surface area (Å²) in [7, 11) is 1.80. The summed E-state index contributed by atoms with van der Waals surface area (Å²) >= 11 is 3.44. The fourth-order valence-electron chi connectivity index (χ4n) is 2.49. The predicted molar refractivity (Wildman–Crippen MR) is 100.0 cm³/mol. The van der Waals surface area contributed by atoms with Crippen molar-refractivity contribution in [1.82, 2.24) is 9.78 Å². The summed E-state index contributed by atoms with van der Waals surface area (Å²) in [5, 5.41) is 5.47. The Balaban J connectivity index is 1.84. The van der Waals surface area contributed by atoms with E-state index >= 15 is 0 Å². The van der Waals surface area contributed by atoms with Gasteiger partial charge < -0.3 is 0 Å². The molecule has 0 aliphatic heterocycles. The Morgan fingerprint density at radius 2 is 1.89 bits per heavy atom. The van der Waals surface area contributed by atoms with Gasteiger partial charge in [-0.15, -0.1) is 0 Å². The van der Waals surface area contributed by atoms with Crippen molar-refractivity contribution in [2.24, 2.45) is 7.05 Å². The summed E-state index contributed by atoms with van der Waals surface area (Å²) in [5.74, 6) is 0. The second kappa shape index (κ2) is 7.43. The van der Waals surface area contributed by atoms with Crippen LogP contribution in [0, 0.1) is 0 Å². The average Bonchev–Trinajstić information content (AvgIpc) is 2.97. The van der Waals surface area contributed by atoms with Gasteiger partial charge in [-0.3, -0.25) is 14.9 Å². The molecule has 1 amide bonds. The van der Waals surface area contributed by atoms with Gasteiger partial charge in [0.15, 0.2) is 0 Å². The minimum absolute atomic E-state index is 0.280. The van der Waals surface area contributed by atoms with Crippen LogP contribution in [0.1, 0.15) is 5.56 Å². The van der Waals surface area contributed by atoms with Gasteiger partial charge in [-0.25, -0.2) is 5.01 Å². The molecule has 0 spiro atoms. The zero-order valence-electron chi connectivity index (χ0n) is 14.0. The third-order valence-corrected chi connectivity index (χ3v) is 4.33. The number of hydrogen-bond donors (Lipinski definition) is 1. The van der Waals surface area contributed by atoms with E-state index in [2.05, 4.69) is 26.5 Å². The Morgan fingerprint density at radius 3 is 2.44 bits per heavy atom. The van der Waals surface area contributed by atoms with Crippen molar-refractivity contribution >= 4 is 33.7 Å². The Morgan fingerprint density at radius 1 is 1.19 bits per heavy atom. The highest BCUT2D eigenvalue weighted by molar-refractivity contribution is 9.10. The zero-order valence-corrected chi connectivity index (χ0v) is 15.6. The summed E-state index contributed by atoms with van der Waals surface area (Å²) in [4.78, 5) is 11.4. The lowest BCUT2D eigenvalue weighted by Gasteiger charge is -2.20. The molecule has 0 radical (unpaired) electrons. The highest BCUT2D eigenvalue weighted by atomic mass is 79.9. The van der Waals surface area contributed by atoms with E-state index in [1.54, 1.807) is 29.9 Å². The number of nitrogens with one attached hydrogen (secondary N) is 1. The van der Waals surface area contributed by atoms with Crippen LogP contribution in [0.5, 0.6) is 0 Å². The number of carbonyl (C=O) groups is 1. The average molecular weight is 439 g/mol. The second-order valence-electron chi connectivity index (χ2n) is 5.71. The lowest BCUT2D eigenvalue weighted by Crippen LogP contribution is -2.28. The fraction of sp³-hybridized carbons (Fsp3) is 0.111. The first-order chi connectivity index (χ1) is 12.8. The summed E-state index contributed by atoms with van der Waals surface area (Å²) in [6.07, 6.45) is -2.12. The molecular weight excluding hydrogens is 425 g/mol. The van der Waals surface area contributed by atoms with E-state index in [1.807, 2.05) is 12.3 Å². The van der Waals surface area contributed by atoms with Gasteiger partial charge in [0.1, 0.15) is 5.69 Å². The van der Waals surface area contributed by atoms with Crippen molar-refractivity contribution in [2.75, 3.05) is 10.4 Å². The van der Waals surface area contributed by atoms with Crippen molar-refractivity contribution in [1.29, 1.82) is 0 Å². The van der Waals surface area contributed by atoms with E-state index in [9.17, 15) is 18.0 Å². The summed E-state index contributed by atoms with van der Waals surface area (Å²) in [6, 6.07) is 11.5. The highest BCUT2D eigenvalue weighted by Gasteiger charge is 2.30. The number of alkyl halides is 3. The van der Waals surface area contributed by atoms with Gasteiger partial charge in [-0.2, -0.15) is 18.3 Å². The maximum absolute atomic E-state index is 12.7. The Labute approximate surface area is 161 Å². The van der Waals surface area contributed by atoms with E-state index in [0.29, 0.717) is 12.1 Å². The number of anilines is 2. The molecule has 2 aromatic carbocycles. The number of benzene rings is 2. The van der Waals surface area contributed by atoms with Crippen molar-refractivity contribution in [3.05, 3.63) is 64.8 Å². The quantitative estimate of drug-likeness (QED) is 0.457. The van der Waals surface area contributed by atoms with Crippen molar-refractivity contribution in [3.8, 4) is 11.3 Å². The van der Waals surface area contributed by atoms with Crippen LogP contribution >= 0.6 is 15.9 Å². The van der Waals surface area contributed by atoms with E-state index in [1.165, 1.54) is 12.1 Å². The lowest BCUT2D eigenvalue weighted by molar-refractivity contribution is -0.137. The number of carbonyl (C=O) groups excluding carboxylic acids is 1. The predicted octanol–water partition coefficient (Wildman–Crippen LogP) is 4.86. The minimum atomic E-state index is -4.43.